The van der Waals surface area contributed by atoms with Crippen LogP contribution in [0.1, 0.15) is 39.5 Å². The highest BCUT2D eigenvalue weighted by Gasteiger charge is 2.29. The average Bonchev–Trinajstić information content (AvgIpc) is 2.26. The van der Waals surface area contributed by atoms with Crippen LogP contribution in [0.15, 0.2) is 0 Å². The van der Waals surface area contributed by atoms with Crippen LogP contribution < -0.4 is 5.32 Å². The summed E-state index contributed by atoms with van der Waals surface area (Å²) >= 11 is 0. The van der Waals surface area contributed by atoms with Crippen LogP contribution in [-0.2, 0) is 4.79 Å². The van der Waals surface area contributed by atoms with Crippen molar-refractivity contribution in [2.24, 2.45) is 5.92 Å². The van der Waals surface area contributed by atoms with Crippen molar-refractivity contribution >= 4 is 5.91 Å². The van der Waals surface area contributed by atoms with Crippen molar-refractivity contribution in [1.82, 2.24) is 10.2 Å². The van der Waals surface area contributed by atoms with Gasteiger partial charge < -0.3 is 10.2 Å². The normalized spacial score (nSPS) is 28.5. The van der Waals surface area contributed by atoms with Gasteiger partial charge in [-0.2, -0.15) is 0 Å². The highest BCUT2D eigenvalue weighted by Crippen LogP contribution is 2.27. The lowest BCUT2D eigenvalue weighted by Gasteiger charge is -2.37. The van der Waals surface area contributed by atoms with Crippen LogP contribution in [0.4, 0.5) is 0 Å². The van der Waals surface area contributed by atoms with E-state index in [0.29, 0.717) is 12.0 Å². The molecule has 1 N–H and O–H groups in total. The maximum Gasteiger partial charge on any atom is 0.239 e. The maximum absolute atomic E-state index is 12.0. The Morgan fingerprint density at radius 2 is 2.00 bits per heavy atom. The van der Waals surface area contributed by atoms with Gasteiger partial charge in [-0.05, 0) is 32.7 Å². The van der Waals surface area contributed by atoms with Crippen LogP contribution in [0, 0.1) is 5.92 Å². The third-order valence-electron chi connectivity index (χ3n) is 3.71. The van der Waals surface area contributed by atoms with Crippen molar-refractivity contribution in [3.05, 3.63) is 0 Å². The molecule has 3 nitrogen and oxygen atoms in total. The third-order valence-corrected chi connectivity index (χ3v) is 3.71. The van der Waals surface area contributed by atoms with Gasteiger partial charge in [0.1, 0.15) is 0 Å². The molecule has 1 fully saturated rings. The van der Waals surface area contributed by atoms with Crippen molar-refractivity contribution in [2.75, 3.05) is 14.1 Å². The number of hydrogen-bond acceptors (Lipinski definition) is 2. The minimum atomic E-state index is -0.0656. The fraction of sp³-hybridized carbons (Fsp3) is 0.917. The van der Waals surface area contributed by atoms with Gasteiger partial charge in [0, 0.05) is 13.1 Å². The molecule has 3 unspecified atom stereocenters. The monoisotopic (exact) mass is 212 g/mol. The molecule has 3 heteroatoms. The highest BCUT2D eigenvalue weighted by molar-refractivity contribution is 5.81. The van der Waals surface area contributed by atoms with Gasteiger partial charge in [0.15, 0.2) is 0 Å². The number of nitrogens with zero attached hydrogens (tertiary/aromatic N) is 1. The van der Waals surface area contributed by atoms with Gasteiger partial charge in [-0.1, -0.05) is 19.8 Å². The van der Waals surface area contributed by atoms with Crippen molar-refractivity contribution in [2.45, 2.75) is 51.6 Å². The average molecular weight is 212 g/mol. The lowest BCUT2D eigenvalue weighted by Crippen LogP contribution is -2.49. The second kappa shape index (κ2) is 5.50. The second-order valence-electron chi connectivity index (χ2n) is 4.79. The molecule has 0 radical (unpaired) electrons. The summed E-state index contributed by atoms with van der Waals surface area (Å²) in [5, 5.41) is 3.01. The largest absolute Gasteiger partial charge is 0.341 e. The minimum absolute atomic E-state index is 0.0656. The number of hydrogen-bond donors (Lipinski definition) is 1. The fourth-order valence-corrected chi connectivity index (χ4v) is 2.46. The van der Waals surface area contributed by atoms with Gasteiger partial charge in [-0.25, -0.2) is 0 Å². The fourth-order valence-electron chi connectivity index (χ4n) is 2.46. The Balaban J connectivity index is 2.57. The van der Waals surface area contributed by atoms with E-state index in [-0.39, 0.29) is 11.9 Å². The molecule has 0 aromatic carbocycles. The summed E-state index contributed by atoms with van der Waals surface area (Å²) in [5.41, 5.74) is 0. The third kappa shape index (κ3) is 2.94. The van der Waals surface area contributed by atoms with E-state index in [1.54, 1.807) is 0 Å². The number of carbonyl (C=O) groups excluding carboxylic acids is 1. The summed E-state index contributed by atoms with van der Waals surface area (Å²) in [4.78, 5) is 13.9. The quantitative estimate of drug-likeness (QED) is 0.771. The van der Waals surface area contributed by atoms with E-state index in [9.17, 15) is 4.79 Å². The summed E-state index contributed by atoms with van der Waals surface area (Å²) < 4.78 is 0. The topological polar surface area (TPSA) is 32.3 Å². The van der Waals surface area contributed by atoms with Crippen molar-refractivity contribution in [3.8, 4) is 0 Å². The molecular formula is C12H24N2O. The number of nitrogens with one attached hydrogen (secondary N) is 1. The Labute approximate surface area is 93.2 Å². The molecule has 1 amide bonds. The molecule has 0 aromatic rings. The summed E-state index contributed by atoms with van der Waals surface area (Å²) in [7, 11) is 3.78. The van der Waals surface area contributed by atoms with Crippen LogP contribution in [0.25, 0.3) is 0 Å². The standard InChI is InChI=1S/C12H24N2O/c1-9-7-5-6-8-11(9)14(4)12(15)10(2)13-3/h9-11,13H,5-8H2,1-4H3. The molecule has 0 bridgehead atoms. The van der Waals surface area contributed by atoms with Gasteiger partial charge in [0.25, 0.3) is 0 Å². The molecule has 88 valence electrons. The molecule has 0 saturated heterocycles. The minimum Gasteiger partial charge on any atom is -0.341 e. The van der Waals surface area contributed by atoms with Crippen LogP contribution in [0.5, 0.6) is 0 Å². The van der Waals surface area contributed by atoms with Gasteiger partial charge in [-0.15, -0.1) is 0 Å². The predicted molar refractivity (Wildman–Crippen MR) is 62.7 cm³/mol. The Morgan fingerprint density at radius 3 is 2.53 bits per heavy atom. The first-order valence-corrected chi connectivity index (χ1v) is 6.02. The Morgan fingerprint density at radius 1 is 1.40 bits per heavy atom. The van der Waals surface area contributed by atoms with E-state index >= 15 is 0 Å². The van der Waals surface area contributed by atoms with Crippen LogP contribution in [0.3, 0.4) is 0 Å². The molecule has 1 aliphatic carbocycles. The molecule has 15 heavy (non-hydrogen) atoms. The van der Waals surface area contributed by atoms with Gasteiger partial charge in [-0.3, -0.25) is 4.79 Å². The van der Waals surface area contributed by atoms with E-state index in [1.807, 2.05) is 25.9 Å². The number of likely N-dealkylation sites (N-methyl/N-ethyl adjacent to an activating group) is 2. The molecule has 1 saturated carbocycles. The van der Waals surface area contributed by atoms with Crippen molar-refractivity contribution in [1.29, 1.82) is 0 Å². The molecule has 3 atom stereocenters. The lowest BCUT2D eigenvalue weighted by molar-refractivity contribution is -0.135. The van der Waals surface area contributed by atoms with E-state index < -0.39 is 0 Å². The zero-order valence-electron chi connectivity index (χ0n) is 10.4. The first kappa shape index (κ1) is 12.5. The first-order chi connectivity index (χ1) is 7.07. The van der Waals surface area contributed by atoms with E-state index in [4.69, 9.17) is 0 Å². The smallest absolute Gasteiger partial charge is 0.239 e. The Kier molecular flexibility index (Phi) is 4.58. The molecule has 1 aliphatic rings. The zero-order chi connectivity index (χ0) is 11.4. The van der Waals surface area contributed by atoms with Crippen LogP contribution in [0.2, 0.25) is 0 Å². The Bertz CT molecular complexity index is 218. The van der Waals surface area contributed by atoms with Crippen molar-refractivity contribution < 1.29 is 4.79 Å². The molecule has 1 rings (SSSR count). The number of carbonyl (C=O) groups is 1. The lowest BCUT2D eigenvalue weighted by atomic mass is 9.85. The van der Waals surface area contributed by atoms with Gasteiger partial charge in [0.2, 0.25) is 5.91 Å². The number of amides is 1. The van der Waals surface area contributed by atoms with Crippen LogP contribution >= 0.6 is 0 Å². The first-order valence-electron chi connectivity index (χ1n) is 6.02. The van der Waals surface area contributed by atoms with E-state index in [1.165, 1.54) is 25.7 Å². The molecule has 0 aromatic heterocycles. The Hall–Kier alpha value is -0.570. The molecular weight excluding hydrogens is 188 g/mol. The summed E-state index contributed by atoms with van der Waals surface area (Å²) in [6.07, 6.45) is 5.01. The highest BCUT2D eigenvalue weighted by atomic mass is 16.2. The predicted octanol–water partition coefficient (Wildman–Crippen LogP) is 1.63. The van der Waals surface area contributed by atoms with Gasteiger partial charge in [0.05, 0.1) is 6.04 Å². The number of rotatable bonds is 3. The molecule has 0 spiro atoms. The maximum atomic E-state index is 12.0. The van der Waals surface area contributed by atoms with Crippen LogP contribution in [-0.4, -0.2) is 37.0 Å². The van der Waals surface area contributed by atoms with E-state index in [2.05, 4.69) is 12.2 Å². The molecule has 0 heterocycles. The SMILES string of the molecule is CNC(C)C(=O)N(C)C1CCCCC1C. The van der Waals surface area contributed by atoms with Crippen molar-refractivity contribution in [3.63, 3.8) is 0 Å². The van der Waals surface area contributed by atoms with E-state index in [0.717, 1.165) is 0 Å². The van der Waals surface area contributed by atoms with Gasteiger partial charge >= 0.3 is 0 Å². The summed E-state index contributed by atoms with van der Waals surface area (Å²) in [5.74, 6) is 0.869. The molecule has 0 aliphatic heterocycles. The summed E-state index contributed by atoms with van der Waals surface area (Å²) in [6, 6.07) is 0.381. The second-order valence-corrected chi connectivity index (χ2v) is 4.79. The zero-order valence-corrected chi connectivity index (χ0v) is 10.4. The summed E-state index contributed by atoms with van der Waals surface area (Å²) in [6.45, 7) is 4.18.